The van der Waals surface area contributed by atoms with Gasteiger partial charge in [0.25, 0.3) is 5.56 Å². The van der Waals surface area contributed by atoms with E-state index in [4.69, 9.17) is 4.74 Å². The second-order valence-corrected chi connectivity index (χ2v) is 6.89. The van der Waals surface area contributed by atoms with Crippen molar-refractivity contribution in [1.29, 1.82) is 0 Å². The van der Waals surface area contributed by atoms with E-state index in [1.807, 2.05) is 19.1 Å². The molecule has 1 N–H and O–H groups in total. The summed E-state index contributed by atoms with van der Waals surface area (Å²) in [5.41, 5.74) is 1.02. The highest BCUT2D eigenvalue weighted by atomic mass is 32.2. The van der Waals surface area contributed by atoms with Crippen molar-refractivity contribution in [3.05, 3.63) is 52.9 Å². The van der Waals surface area contributed by atoms with Gasteiger partial charge in [-0.05, 0) is 31.2 Å². The second-order valence-electron chi connectivity index (χ2n) is 5.95. The van der Waals surface area contributed by atoms with Crippen LogP contribution in [-0.4, -0.2) is 38.1 Å². The van der Waals surface area contributed by atoms with E-state index in [9.17, 15) is 9.59 Å². The van der Waals surface area contributed by atoms with Crippen molar-refractivity contribution in [2.45, 2.75) is 18.6 Å². The second kappa shape index (κ2) is 8.75. The maximum absolute atomic E-state index is 12.5. The fraction of sp³-hybridized carbons (Fsp3) is 0.263. The van der Waals surface area contributed by atoms with Crippen molar-refractivity contribution >= 4 is 23.4 Å². The molecule has 0 aliphatic rings. The Morgan fingerprint density at radius 1 is 1.25 bits per heavy atom. The monoisotopic (exact) mass is 399 g/mol. The summed E-state index contributed by atoms with van der Waals surface area (Å²) in [5, 5.41) is 11.6. The number of hydrogen-bond acceptors (Lipinski definition) is 6. The first-order valence-electron chi connectivity index (χ1n) is 8.69. The summed E-state index contributed by atoms with van der Waals surface area (Å²) in [6.45, 7) is 2.49. The first kappa shape index (κ1) is 19.7. The Hall–Kier alpha value is -3.07. The Bertz CT molecular complexity index is 1040. The molecule has 8 nitrogen and oxygen atoms in total. The molecule has 0 spiro atoms. The maximum atomic E-state index is 12.5. The van der Waals surface area contributed by atoms with E-state index in [0.29, 0.717) is 34.5 Å². The van der Waals surface area contributed by atoms with Crippen LogP contribution in [0.3, 0.4) is 0 Å². The quantitative estimate of drug-likeness (QED) is 0.614. The van der Waals surface area contributed by atoms with Crippen LogP contribution < -0.4 is 15.6 Å². The number of anilines is 1. The largest absolute Gasteiger partial charge is 0.497 e. The molecule has 0 saturated carbocycles. The van der Waals surface area contributed by atoms with Crippen LogP contribution in [-0.2, 0) is 18.4 Å². The topological polar surface area (TPSA) is 91.0 Å². The predicted molar refractivity (Wildman–Crippen MR) is 109 cm³/mol. The maximum Gasteiger partial charge on any atom is 0.261 e. The molecule has 0 fully saturated rings. The number of carbonyl (C=O) groups excluding carboxylic acids is 1. The summed E-state index contributed by atoms with van der Waals surface area (Å²) in [5.74, 6) is 1.14. The van der Waals surface area contributed by atoms with Gasteiger partial charge in [0.15, 0.2) is 11.0 Å². The minimum absolute atomic E-state index is 0.118. The molecule has 1 aromatic carbocycles. The minimum atomic E-state index is -0.171. The number of benzene rings is 1. The fourth-order valence-corrected chi connectivity index (χ4v) is 3.37. The molecule has 146 valence electrons. The third kappa shape index (κ3) is 4.25. The van der Waals surface area contributed by atoms with Gasteiger partial charge in [0.2, 0.25) is 5.91 Å². The van der Waals surface area contributed by atoms with Crippen LogP contribution in [0.2, 0.25) is 0 Å². The lowest BCUT2D eigenvalue weighted by atomic mass is 10.2. The lowest BCUT2D eigenvalue weighted by molar-refractivity contribution is -0.113. The van der Waals surface area contributed by atoms with Crippen LogP contribution in [0.1, 0.15) is 6.92 Å². The molecule has 9 heteroatoms. The molecule has 2 aromatic heterocycles. The molecule has 1 amide bonds. The zero-order chi connectivity index (χ0) is 20.1. The lowest BCUT2D eigenvalue weighted by Crippen LogP contribution is -2.20. The first-order chi connectivity index (χ1) is 13.5. The van der Waals surface area contributed by atoms with Gasteiger partial charge in [0.1, 0.15) is 5.75 Å². The molecular weight excluding hydrogens is 378 g/mol. The van der Waals surface area contributed by atoms with Gasteiger partial charge in [-0.1, -0.05) is 17.8 Å². The van der Waals surface area contributed by atoms with Crippen molar-refractivity contribution in [2.75, 3.05) is 18.2 Å². The van der Waals surface area contributed by atoms with Gasteiger partial charge in [-0.3, -0.25) is 9.59 Å². The number of hydrogen-bond donors (Lipinski definition) is 1. The van der Waals surface area contributed by atoms with E-state index < -0.39 is 0 Å². The number of rotatable bonds is 7. The SMILES string of the molecule is CCn1cccc(-c2nnc(SCC(=O)Nc3cccc(OC)c3)n2C)c1=O. The molecular formula is C19H21N5O3S. The molecule has 0 aliphatic heterocycles. The van der Waals surface area contributed by atoms with Crippen molar-refractivity contribution in [3.8, 4) is 17.1 Å². The molecule has 3 aromatic rings. The summed E-state index contributed by atoms with van der Waals surface area (Å²) >= 11 is 1.25. The Morgan fingerprint density at radius 2 is 2.07 bits per heavy atom. The number of nitrogens with one attached hydrogen (secondary N) is 1. The van der Waals surface area contributed by atoms with Crippen molar-refractivity contribution < 1.29 is 9.53 Å². The van der Waals surface area contributed by atoms with E-state index >= 15 is 0 Å². The highest BCUT2D eigenvalue weighted by Gasteiger charge is 2.16. The van der Waals surface area contributed by atoms with Crippen LogP contribution >= 0.6 is 11.8 Å². The number of carbonyl (C=O) groups is 1. The summed E-state index contributed by atoms with van der Waals surface area (Å²) in [6, 6.07) is 10.7. The predicted octanol–water partition coefficient (Wildman–Crippen LogP) is 2.40. The van der Waals surface area contributed by atoms with Gasteiger partial charge in [-0.2, -0.15) is 0 Å². The van der Waals surface area contributed by atoms with Gasteiger partial charge >= 0.3 is 0 Å². The summed E-state index contributed by atoms with van der Waals surface area (Å²) in [4.78, 5) is 24.7. The fourth-order valence-electron chi connectivity index (χ4n) is 2.66. The Balaban J connectivity index is 1.69. The molecule has 3 rings (SSSR count). The lowest BCUT2D eigenvalue weighted by Gasteiger charge is -2.07. The van der Waals surface area contributed by atoms with Crippen molar-refractivity contribution in [2.24, 2.45) is 7.05 Å². The number of pyridine rings is 1. The zero-order valence-electron chi connectivity index (χ0n) is 15.9. The number of ether oxygens (including phenoxy) is 1. The van der Waals surface area contributed by atoms with E-state index in [-0.39, 0.29) is 17.2 Å². The summed E-state index contributed by atoms with van der Waals surface area (Å²) in [7, 11) is 3.35. The van der Waals surface area contributed by atoms with Crippen molar-refractivity contribution in [1.82, 2.24) is 19.3 Å². The smallest absolute Gasteiger partial charge is 0.261 e. The minimum Gasteiger partial charge on any atom is -0.497 e. The molecule has 0 aliphatic carbocycles. The molecule has 0 unspecified atom stereocenters. The normalized spacial score (nSPS) is 10.7. The number of methoxy groups -OCH3 is 1. The van der Waals surface area contributed by atoms with Crippen LogP contribution in [0.4, 0.5) is 5.69 Å². The van der Waals surface area contributed by atoms with E-state index in [1.165, 1.54) is 11.8 Å². The standard InChI is InChI=1S/C19H21N5O3S/c1-4-24-10-6-9-15(18(24)26)17-21-22-19(23(17)2)28-12-16(25)20-13-7-5-8-14(11-13)27-3/h5-11H,4,12H2,1-3H3,(H,20,25). The third-order valence-corrected chi connectivity index (χ3v) is 5.14. The molecule has 0 bridgehead atoms. The van der Waals surface area contributed by atoms with Gasteiger partial charge in [-0.15, -0.1) is 10.2 Å². The van der Waals surface area contributed by atoms with E-state index in [0.717, 1.165) is 0 Å². The summed E-state index contributed by atoms with van der Waals surface area (Å²) < 4.78 is 8.48. The van der Waals surface area contributed by atoms with Crippen LogP contribution in [0.15, 0.2) is 52.5 Å². The first-order valence-corrected chi connectivity index (χ1v) is 9.68. The average molecular weight is 399 g/mol. The molecule has 28 heavy (non-hydrogen) atoms. The number of thioether (sulfide) groups is 1. The van der Waals surface area contributed by atoms with Gasteiger partial charge in [0.05, 0.1) is 18.4 Å². The number of aromatic nitrogens is 4. The zero-order valence-corrected chi connectivity index (χ0v) is 16.7. The molecule has 0 atom stereocenters. The number of amides is 1. The number of nitrogens with zero attached hydrogens (tertiary/aromatic N) is 4. The summed E-state index contributed by atoms with van der Waals surface area (Å²) in [6.07, 6.45) is 1.74. The van der Waals surface area contributed by atoms with Gasteiger partial charge < -0.3 is 19.2 Å². The molecule has 2 heterocycles. The number of aryl methyl sites for hydroxylation is 1. The average Bonchev–Trinajstić information content (AvgIpc) is 3.07. The van der Waals surface area contributed by atoms with Crippen LogP contribution in [0.25, 0.3) is 11.4 Å². The highest BCUT2D eigenvalue weighted by molar-refractivity contribution is 7.99. The Kier molecular flexibility index (Phi) is 6.15. The van der Waals surface area contributed by atoms with Crippen LogP contribution in [0.5, 0.6) is 5.75 Å². The highest BCUT2D eigenvalue weighted by Crippen LogP contribution is 2.21. The van der Waals surface area contributed by atoms with Gasteiger partial charge in [-0.25, -0.2) is 0 Å². The Morgan fingerprint density at radius 3 is 2.82 bits per heavy atom. The molecule has 0 saturated heterocycles. The Labute approximate surface area is 166 Å². The van der Waals surface area contributed by atoms with E-state index in [2.05, 4.69) is 15.5 Å². The molecule has 0 radical (unpaired) electrons. The van der Waals surface area contributed by atoms with E-state index in [1.54, 1.807) is 53.8 Å². The van der Waals surface area contributed by atoms with Crippen molar-refractivity contribution in [3.63, 3.8) is 0 Å². The van der Waals surface area contributed by atoms with Crippen LogP contribution in [0, 0.1) is 0 Å². The third-order valence-electron chi connectivity index (χ3n) is 4.12. The van der Waals surface area contributed by atoms with Gasteiger partial charge in [0, 0.05) is 31.5 Å².